The topological polar surface area (TPSA) is 27.1 Å². The lowest BCUT2D eigenvalue weighted by molar-refractivity contribution is -0.0607. The van der Waals surface area contributed by atoms with Gasteiger partial charge in [-0.25, -0.2) is 4.98 Å². The molecule has 1 atom stereocenters. The van der Waals surface area contributed by atoms with Crippen LogP contribution in [-0.4, -0.2) is 21.8 Å². The Bertz CT molecular complexity index is 649. The molecule has 1 aliphatic carbocycles. The summed E-state index contributed by atoms with van der Waals surface area (Å²) in [7, 11) is 0. The summed E-state index contributed by atoms with van der Waals surface area (Å²) in [5, 5.41) is 0. The molecule has 1 fully saturated rings. The van der Waals surface area contributed by atoms with E-state index >= 15 is 0 Å². The maximum Gasteiger partial charge on any atom is 0.112 e. The van der Waals surface area contributed by atoms with Gasteiger partial charge in [0.15, 0.2) is 0 Å². The Morgan fingerprint density at radius 3 is 2.59 bits per heavy atom. The van der Waals surface area contributed by atoms with Gasteiger partial charge in [0.25, 0.3) is 0 Å². The summed E-state index contributed by atoms with van der Waals surface area (Å²) in [4.78, 5) is 4.72. The molecule has 3 nitrogen and oxygen atoms in total. The molecular weight excluding hydrogens is 272 g/mol. The smallest absolute Gasteiger partial charge is 0.112 e. The van der Waals surface area contributed by atoms with E-state index in [1.54, 1.807) is 0 Å². The van der Waals surface area contributed by atoms with Crippen LogP contribution in [0.4, 0.5) is 0 Å². The second kappa shape index (κ2) is 5.24. The van der Waals surface area contributed by atoms with Gasteiger partial charge in [-0.05, 0) is 50.7 Å². The molecule has 1 saturated heterocycles. The fourth-order valence-electron chi connectivity index (χ4n) is 4.13. The summed E-state index contributed by atoms with van der Waals surface area (Å²) in [6, 6.07) is 9.36. The average Bonchev–Trinajstić information content (AvgIpc) is 3.12. The fourth-order valence-corrected chi connectivity index (χ4v) is 4.13. The van der Waals surface area contributed by atoms with Crippen molar-refractivity contribution in [1.29, 1.82) is 0 Å². The molecule has 0 amide bonds. The molecule has 2 aromatic rings. The van der Waals surface area contributed by atoms with Crippen LogP contribution in [-0.2, 0) is 17.6 Å². The van der Waals surface area contributed by atoms with Crippen LogP contribution in [0.3, 0.4) is 0 Å². The van der Waals surface area contributed by atoms with Gasteiger partial charge in [-0.3, -0.25) is 0 Å². The Morgan fingerprint density at radius 2 is 1.91 bits per heavy atom. The van der Waals surface area contributed by atoms with Crippen LogP contribution in [0.25, 0.3) is 0 Å². The summed E-state index contributed by atoms with van der Waals surface area (Å²) >= 11 is 0. The molecule has 0 saturated carbocycles. The van der Waals surface area contributed by atoms with Crippen molar-refractivity contribution < 1.29 is 4.74 Å². The number of hydrogen-bond donors (Lipinski definition) is 0. The van der Waals surface area contributed by atoms with Crippen molar-refractivity contribution >= 4 is 0 Å². The zero-order chi connectivity index (χ0) is 15.2. The Hall–Kier alpha value is -1.61. The van der Waals surface area contributed by atoms with E-state index in [1.807, 2.05) is 6.20 Å². The molecule has 22 heavy (non-hydrogen) atoms. The molecule has 0 bridgehead atoms. The van der Waals surface area contributed by atoms with Crippen molar-refractivity contribution in [1.82, 2.24) is 9.55 Å². The molecule has 2 aliphatic rings. The molecule has 1 aromatic heterocycles. The molecule has 0 N–H and O–H groups in total. The van der Waals surface area contributed by atoms with Crippen molar-refractivity contribution in [3.8, 4) is 0 Å². The highest BCUT2D eigenvalue weighted by atomic mass is 16.5. The second-order valence-electron chi connectivity index (χ2n) is 7.32. The van der Waals surface area contributed by atoms with Crippen molar-refractivity contribution in [2.75, 3.05) is 6.61 Å². The fraction of sp³-hybridized carbons (Fsp3) is 0.526. The third-order valence-corrected chi connectivity index (χ3v) is 5.18. The first kappa shape index (κ1) is 14.0. The molecule has 1 aliphatic heterocycles. The van der Waals surface area contributed by atoms with Crippen LogP contribution in [0.1, 0.15) is 55.6 Å². The lowest BCUT2D eigenvalue weighted by Gasteiger charge is -2.35. The molecule has 3 heteroatoms. The van der Waals surface area contributed by atoms with Crippen molar-refractivity contribution in [3.05, 3.63) is 53.6 Å². The van der Waals surface area contributed by atoms with Crippen molar-refractivity contribution in [2.45, 2.75) is 57.1 Å². The SMILES string of the molecule is CC1(C)CC(c2nccn2C2Cc3ccccc3C2)CCO1. The summed E-state index contributed by atoms with van der Waals surface area (Å²) in [6.07, 6.45) is 8.55. The van der Waals surface area contributed by atoms with Gasteiger partial charge in [0.2, 0.25) is 0 Å². The Morgan fingerprint density at radius 1 is 1.18 bits per heavy atom. The minimum atomic E-state index is -0.0294. The average molecular weight is 296 g/mol. The van der Waals surface area contributed by atoms with Crippen LogP contribution in [0, 0.1) is 0 Å². The zero-order valence-corrected chi connectivity index (χ0v) is 13.5. The van der Waals surface area contributed by atoms with Crippen LogP contribution in [0.2, 0.25) is 0 Å². The van der Waals surface area contributed by atoms with Crippen molar-refractivity contribution in [2.24, 2.45) is 0 Å². The van der Waals surface area contributed by atoms with Gasteiger partial charge in [0.1, 0.15) is 5.82 Å². The standard InChI is InChI=1S/C19H24N2O/c1-19(2)13-16(7-10-22-19)18-20-8-9-21(18)17-11-14-5-3-4-6-15(14)12-17/h3-6,8-9,16-17H,7,10-13H2,1-2H3. The minimum absolute atomic E-state index is 0.0294. The maximum absolute atomic E-state index is 5.87. The van der Waals surface area contributed by atoms with E-state index in [1.165, 1.54) is 17.0 Å². The minimum Gasteiger partial charge on any atom is -0.376 e. The number of nitrogens with zero attached hydrogens (tertiary/aromatic N) is 2. The molecule has 0 radical (unpaired) electrons. The predicted molar refractivity (Wildman–Crippen MR) is 87.1 cm³/mol. The van der Waals surface area contributed by atoms with Gasteiger partial charge >= 0.3 is 0 Å². The number of fused-ring (bicyclic) bond motifs is 1. The van der Waals surface area contributed by atoms with E-state index in [0.717, 1.165) is 32.3 Å². The number of hydrogen-bond acceptors (Lipinski definition) is 2. The normalized spacial score (nSPS) is 24.4. The van der Waals surface area contributed by atoms with E-state index in [9.17, 15) is 0 Å². The van der Waals surface area contributed by atoms with E-state index < -0.39 is 0 Å². The van der Waals surface area contributed by atoms with Crippen LogP contribution in [0.5, 0.6) is 0 Å². The summed E-state index contributed by atoms with van der Waals surface area (Å²) in [5.41, 5.74) is 2.97. The van der Waals surface area contributed by atoms with E-state index in [2.05, 4.69) is 48.9 Å². The lowest BCUT2D eigenvalue weighted by atomic mass is 9.87. The van der Waals surface area contributed by atoms with Crippen molar-refractivity contribution in [3.63, 3.8) is 0 Å². The highest BCUT2D eigenvalue weighted by Crippen LogP contribution is 2.38. The number of ether oxygens (including phenoxy) is 1. The van der Waals surface area contributed by atoms with Gasteiger partial charge in [0, 0.05) is 31.0 Å². The largest absolute Gasteiger partial charge is 0.376 e. The molecular formula is C19H24N2O. The van der Waals surface area contributed by atoms with Gasteiger partial charge in [-0.2, -0.15) is 0 Å². The summed E-state index contributed by atoms with van der Waals surface area (Å²) < 4.78 is 8.31. The van der Waals surface area contributed by atoms with E-state index in [0.29, 0.717) is 12.0 Å². The van der Waals surface area contributed by atoms with E-state index in [4.69, 9.17) is 9.72 Å². The molecule has 1 unspecified atom stereocenters. The number of aromatic nitrogens is 2. The van der Waals surface area contributed by atoms with Crippen LogP contribution < -0.4 is 0 Å². The van der Waals surface area contributed by atoms with Gasteiger partial charge in [-0.15, -0.1) is 0 Å². The first-order valence-electron chi connectivity index (χ1n) is 8.36. The number of benzene rings is 1. The molecule has 4 rings (SSSR count). The molecule has 116 valence electrons. The first-order valence-corrected chi connectivity index (χ1v) is 8.36. The zero-order valence-electron chi connectivity index (χ0n) is 13.5. The second-order valence-corrected chi connectivity index (χ2v) is 7.32. The highest BCUT2D eigenvalue weighted by Gasteiger charge is 2.33. The number of imidazole rings is 1. The van der Waals surface area contributed by atoms with Gasteiger partial charge in [-0.1, -0.05) is 24.3 Å². The summed E-state index contributed by atoms with van der Waals surface area (Å²) in [6.45, 7) is 5.23. The molecule has 2 heterocycles. The third kappa shape index (κ3) is 2.48. The quantitative estimate of drug-likeness (QED) is 0.840. The lowest BCUT2D eigenvalue weighted by Crippen LogP contribution is -2.34. The number of rotatable bonds is 2. The third-order valence-electron chi connectivity index (χ3n) is 5.18. The van der Waals surface area contributed by atoms with Crippen LogP contribution >= 0.6 is 0 Å². The molecule has 1 aromatic carbocycles. The van der Waals surface area contributed by atoms with E-state index in [-0.39, 0.29) is 5.60 Å². The van der Waals surface area contributed by atoms with Gasteiger partial charge in [0.05, 0.1) is 5.60 Å². The molecule has 0 spiro atoms. The highest BCUT2D eigenvalue weighted by molar-refractivity contribution is 5.33. The predicted octanol–water partition coefficient (Wildman–Crippen LogP) is 3.90. The van der Waals surface area contributed by atoms with Crippen LogP contribution in [0.15, 0.2) is 36.7 Å². The monoisotopic (exact) mass is 296 g/mol. The Balaban J connectivity index is 1.59. The Kier molecular flexibility index (Phi) is 3.33. The maximum atomic E-state index is 5.87. The Labute approximate surface area is 132 Å². The first-order chi connectivity index (χ1) is 10.6. The summed E-state index contributed by atoms with van der Waals surface area (Å²) in [5.74, 6) is 1.77. The van der Waals surface area contributed by atoms with Gasteiger partial charge < -0.3 is 9.30 Å².